The fraction of sp³-hybridized carbons (Fsp3) is 0.0526. The normalized spacial score (nSPS) is 10.4. The smallest absolute Gasteiger partial charge is 0.257 e. The number of aromatic nitrogens is 1. The van der Waals surface area contributed by atoms with Crippen molar-refractivity contribution in [1.82, 2.24) is 4.98 Å². The maximum atomic E-state index is 12.4. The van der Waals surface area contributed by atoms with Crippen LogP contribution in [0, 0.1) is 6.92 Å². The van der Waals surface area contributed by atoms with Crippen LogP contribution in [-0.4, -0.2) is 10.9 Å². The van der Waals surface area contributed by atoms with Crippen LogP contribution in [0.15, 0.2) is 60.9 Å². The largest absolute Gasteiger partial charge is 0.354 e. The first-order valence-corrected chi connectivity index (χ1v) is 8.32. The predicted octanol–water partition coefficient (Wildman–Crippen LogP) is 5.69. The van der Waals surface area contributed by atoms with Gasteiger partial charge in [-0.25, -0.2) is 0 Å². The molecule has 0 saturated heterocycles. The lowest BCUT2D eigenvalue weighted by molar-refractivity contribution is 0.102. The maximum absolute atomic E-state index is 12.4. The summed E-state index contributed by atoms with van der Waals surface area (Å²) in [6, 6.07) is 14.2. The molecular weight excluding hydrogens is 357 g/mol. The highest BCUT2D eigenvalue weighted by Gasteiger charge is 2.08. The molecule has 6 heteroatoms. The molecule has 2 aromatic carbocycles. The van der Waals surface area contributed by atoms with Crippen molar-refractivity contribution in [2.75, 3.05) is 10.6 Å². The molecule has 0 fully saturated rings. The Hall–Kier alpha value is -2.56. The Kier molecular flexibility index (Phi) is 5.22. The molecule has 126 valence electrons. The van der Waals surface area contributed by atoms with E-state index in [1.807, 2.05) is 19.1 Å². The molecule has 1 aromatic heterocycles. The van der Waals surface area contributed by atoms with Crippen LogP contribution in [0.4, 0.5) is 17.1 Å². The lowest BCUT2D eigenvalue weighted by Crippen LogP contribution is -2.12. The molecule has 0 bridgehead atoms. The molecule has 4 nitrogen and oxygen atoms in total. The van der Waals surface area contributed by atoms with Crippen molar-refractivity contribution in [2.45, 2.75) is 6.92 Å². The van der Waals surface area contributed by atoms with Crippen LogP contribution in [0.5, 0.6) is 0 Å². The number of anilines is 3. The van der Waals surface area contributed by atoms with E-state index in [2.05, 4.69) is 15.6 Å². The van der Waals surface area contributed by atoms with E-state index in [0.29, 0.717) is 27.0 Å². The summed E-state index contributed by atoms with van der Waals surface area (Å²) in [7, 11) is 0. The summed E-state index contributed by atoms with van der Waals surface area (Å²) in [6.07, 6.45) is 3.18. The highest BCUT2D eigenvalue weighted by molar-refractivity contribution is 6.31. The highest BCUT2D eigenvalue weighted by Crippen LogP contribution is 2.24. The van der Waals surface area contributed by atoms with Gasteiger partial charge in [0.15, 0.2) is 0 Å². The van der Waals surface area contributed by atoms with Crippen molar-refractivity contribution in [3.8, 4) is 0 Å². The lowest BCUT2D eigenvalue weighted by atomic mass is 10.2. The second kappa shape index (κ2) is 7.55. The van der Waals surface area contributed by atoms with Gasteiger partial charge in [-0.2, -0.15) is 0 Å². The number of hydrogen-bond donors (Lipinski definition) is 2. The quantitative estimate of drug-likeness (QED) is 0.618. The number of pyridine rings is 1. The first kappa shape index (κ1) is 17.3. The molecule has 0 radical (unpaired) electrons. The van der Waals surface area contributed by atoms with E-state index in [1.54, 1.807) is 42.6 Å². The SMILES string of the molecule is Cc1cc(Cl)ccc1Nc1cncc(C(=O)Nc2ccc(Cl)cc2)c1. The summed E-state index contributed by atoms with van der Waals surface area (Å²) in [5, 5.41) is 7.35. The number of rotatable bonds is 4. The summed E-state index contributed by atoms with van der Waals surface area (Å²) >= 11 is 11.8. The summed E-state index contributed by atoms with van der Waals surface area (Å²) in [4.78, 5) is 16.5. The Balaban J connectivity index is 1.76. The van der Waals surface area contributed by atoms with Crippen molar-refractivity contribution in [1.29, 1.82) is 0 Å². The molecule has 0 atom stereocenters. The Morgan fingerprint density at radius 1 is 0.920 bits per heavy atom. The van der Waals surface area contributed by atoms with Gasteiger partial charge in [0.25, 0.3) is 5.91 Å². The summed E-state index contributed by atoms with van der Waals surface area (Å²) in [5.74, 6) is -0.244. The molecule has 3 rings (SSSR count). The Bertz CT molecular complexity index is 911. The van der Waals surface area contributed by atoms with Gasteiger partial charge in [-0.1, -0.05) is 23.2 Å². The van der Waals surface area contributed by atoms with Gasteiger partial charge >= 0.3 is 0 Å². The minimum Gasteiger partial charge on any atom is -0.354 e. The number of nitrogens with one attached hydrogen (secondary N) is 2. The van der Waals surface area contributed by atoms with Gasteiger partial charge in [-0.05, 0) is 61.0 Å². The molecule has 3 aromatic rings. The summed E-state index contributed by atoms with van der Waals surface area (Å²) < 4.78 is 0. The van der Waals surface area contributed by atoms with Crippen molar-refractivity contribution in [2.24, 2.45) is 0 Å². The van der Waals surface area contributed by atoms with Gasteiger partial charge < -0.3 is 10.6 Å². The highest BCUT2D eigenvalue weighted by atomic mass is 35.5. The number of carbonyl (C=O) groups excluding carboxylic acids is 1. The van der Waals surface area contributed by atoms with Gasteiger partial charge in [0, 0.05) is 27.6 Å². The first-order valence-electron chi connectivity index (χ1n) is 7.56. The van der Waals surface area contributed by atoms with Gasteiger partial charge in [-0.3, -0.25) is 9.78 Å². The number of halogens is 2. The average molecular weight is 372 g/mol. The topological polar surface area (TPSA) is 54.0 Å². The molecule has 0 unspecified atom stereocenters. The number of benzene rings is 2. The van der Waals surface area contributed by atoms with Crippen LogP contribution in [0.2, 0.25) is 10.0 Å². The second-order valence-corrected chi connectivity index (χ2v) is 6.38. The zero-order chi connectivity index (χ0) is 17.8. The third kappa shape index (κ3) is 4.50. The van der Waals surface area contributed by atoms with E-state index in [-0.39, 0.29) is 5.91 Å². The molecule has 1 amide bonds. The van der Waals surface area contributed by atoms with E-state index >= 15 is 0 Å². The van der Waals surface area contributed by atoms with E-state index in [4.69, 9.17) is 23.2 Å². The van der Waals surface area contributed by atoms with Crippen LogP contribution in [-0.2, 0) is 0 Å². The molecule has 0 aliphatic rings. The van der Waals surface area contributed by atoms with Crippen molar-refractivity contribution >= 4 is 46.2 Å². The zero-order valence-corrected chi connectivity index (χ0v) is 14.9. The van der Waals surface area contributed by atoms with E-state index < -0.39 is 0 Å². The first-order chi connectivity index (χ1) is 12.0. The molecule has 0 aliphatic heterocycles. The third-order valence-electron chi connectivity index (χ3n) is 3.57. The Labute approximate surface area is 155 Å². The van der Waals surface area contributed by atoms with Crippen LogP contribution in [0.3, 0.4) is 0 Å². The van der Waals surface area contributed by atoms with Crippen molar-refractivity contribution in [3.05, 3.63) is 82.1 Å². The average Bonchev–Trinajstić information content (AvgIpc) is 2.60. The molecular formula is C19H15Cl2N3O. The van der Waals surface area contributed by atoms with Crippen LogP contribution < -0.4 is 10.6 Å². The van der Waals surface area contributed by atoms with Crippen LogP contribution >= 0.6 is 23.2 Å². The standard InChI is InChI=1S/C19H15Cl2N3O/c1-12-8-15(21)4-7-18(12)23-17-9-13(10-22-11-17)19(25)24-16-5-2-14(20)3-6-16/h2-11,23H,1H3,(H,24,25). The van der Waals surface area contributed by atoms with E-state index in [9.17, 15) is 4.79 Å². The molecule has 1 heterocycles. The third-order valence-corrected chi connectivity index (χ3v) is 4.06. The Morgan fingerprint density at radius 2 is 1.64 bits per heavy atom. The second-order valence-electron chi connectivity index (χ2n) is 5.51. The molecule has 0 aliphatic carbocycles. The van der Waals surface area contributed by atoms with Crippen molar-refractivity contribution < 1.29 is 4.79 Å². The minimum atomic E-state index is -0.244. The van der Waals surface area contributed by atoms with Gasteiger partial charge in [0.2, 0.25) is 0 Å². The summed E-state index contributed by atoms with van der Waals surface area (Å²) in [5.41, 5.74) is 3.74. The molecule has 0 saturated carbocycles. The minimum absolute atomic E-state index is 0.244. The number of nitrogens with zero attached hydrogens (tertiary/aromatic N) is 1. The zero-order valence-electron chi connectivity index (χ0n) is 13.4. The lowest BCUT2D eigenvalue weighted by Gasteiger charge is -2.11. The van der Waals surface area contributed by atoms with Crippen LogP contribution in [0.25, 0.3) is 0 Å². The van der Waals surface area contributed by atoms with Gasteiger partial charge in [0.05, 0.1) is 17.4 Å². The molecule has 2 N–H and O–H groups in total. The van der Waals surface area contributed by atoms with E-state index in [0.717, 1.165) is 11.3 Å². The fourth-order valence-electron chi connectivity index (χ4n) is 2.29. The Morgan fingerprint density at radius 3 is 2.36 bits per heavy atom. The predicted molar refractivity (Wildman–Crippen MR) is 103 cm³/mol. The monoisotopic (exact) mass is 371 g/mol. The number of aryl methyl sites for hydroxylation is 1. The van der Waals surface area contributed by atoms with E-state index in [1.165, 1.54) is 6.20 Å². The van der Waals surface area contributed by atoms with Crippen molar-refractivity contribution in [3.63, 3.8) is 0 Å². The van der Waals surface area contributed by atoms with Gasteiger partial charge in [-0.15, -0.1) is 0 Å². The maximum Gasteiger partial charge on any atom is 0.257 e. The number of hydrogen-bond acceptors (Lipinski definition) is 3. The molecule has 0 spiro atoms. The fourth-order valence-corrected chi connectivity index (χ4v) is 2.64. The number of carbonyl (C=O) groups is 1. The summed E-state index contributed by atoms with van der Waals surface area (Å²) in [6.45, 7) is 1.96. The number of amides is 1. The van der Waals surface area contributed by atoms with Gasteiger partial charge in [0.1, 0.15) is 0 Å². The van der Waals surface area contributed by atoms with Crippen LogP contribution in [0.1, 0.15) is 15.9 Å². The molecule has 25 heavy (non-hydrogen) atoms.